The van der Waals surface area contributed by atoms with E-state index in [-0.39, 0.29) is 24.7 Å². The molecule has 0 N–H and O–H groups in total. The second-order valence-electron chi connectivity index (χ2n) is 7.86. The molecule has 35 heavy (non-hydrogen) atoms. The van der Waals surface area contributed by atoms with Crippen LogP contribution in [0.4, 0.5) is 0 Å². The van der Waals surface area contributed by atoms with Crippen molar-refractivity contribution in [2.45, 2.75) is 13.3 Å². The second-order valence-corrected chi connectivity index (χ2v) is 9.21. The lowest BCUT2D eigenvalue weighted by molar-refractivity contribution is -0.141. The van der Waals surface area contributed by atoms with Crippen LogP contribution in [0.1, 0.15) is 32.0 Å². The lowest BCUT2D eigenvalue weighted by Gasteiger charge is -2.08. The molecule has 0 saturated heterocycles. The third-order valence-corrected chi connectivity index (χ3v) is 6.47. The smallest absolute Gasteiger partial charge is 0.310 e. The van der Waals surface area contributed by atoms with Crippen LogP contribution in [-0.2, 0) is 16.0 Å². The summed E-state index contributed by atoms with van der Waals surface area (Å²) in [6.07, 6.45) is -0.107. The maximum absolute atomic E-state index is 13.4. The van der Waals surface area contributed by atoms with Crippen molar-refractivity contribution in [1.82, 2.24) is 4.57 Å². The number of ether oxygens (including phenoxy) is 2. The number of rotatable bonds is 7. The van der Waals surface area contributed by atoms with Crippen molar-refractivity contribution in [3.05, 3.63) is 98.6 Å². The first-order valence-corrected chi connectivity index (χ1v) is 11.9. The first-order chi connectivity index (χ1) is 16.8. The average Bonchev–Trinajstić information content (AvgIpc) is 3.13. The summed E-state index contributed by atoms with van der Waals surface area (Å²) in [5.74, 6) is -0.531. The van der Waals surface area contributed by atoms with Crippen LogP contribution < -0.4 is 4.74 Å². The SMILES string of the molecule is COc1ccc2c(c1)c(CC(=O)OCC(=O)c1ccc(Br)cc1)c(C)n2C(=O)c1ccc(Cl)cc1. The molecule has 0 unspecified atom stereocenters. The summed E-state index contributed by atoms with van der Waals surface area (Å²) in [7, 11) is 1.55. The van der Waals surface area contributed by atoms with E-state index in [9.17, 15) is 14.4 Å². The first kappa shape index (κ1) is 24.7. The Bertz CT molecular complexity index is 1420. The fourth-order valence-electron chi connectivity index (χ4n) is 3.86. The number of aromatic nitrogens is 1. The third-order valence-electron chi connectivity index (χ3n) is 5.69. The van der Waals surface area contributed by atoms with Gasteiger partial charge in [0.15, 0.2) is 12.4 Å². The van der Waals surface area contributed by atoms with Gasteiger partial charge in [0.1, 0.15) is 5.75 Å². The highest BCUT2D eigenvalue weighted by Crippen LogP contribution is 2.31. The molecule has 0 aliphatic heterocycles. The topological polar surface area (TPSA) is 74.6 Å². The van der Waals surface area contributed by atoms with E-state index in [4.69, 9.17) is 21.1 Å². The fourth-order valence-corrected chi connectivity index (χ4v) is 4.25. The van der Waals surface area contributed by atoms with Gasteiger partial charge in [-0.25, -0.2) is 0 Å². The van der Waals surface area contributed by atoms with Crippen LogP contribution in [0.2, 0.25) is 5.02 Å². The van der Waals surface area contributed by atoms with Crippen molar-refractivity contribution in [1.29, 1.82) is 0 Å². The van der Waals surface area contributed by atoms with Gasteiger partial charge < -0.3 is 9.47 Å². The zero-order valence-corrected chi connectivity index (χ0v) is 21.4. The van der Waals surface area contributed by atoms with Gasteiger partial charge in [0.05, 0.1) is 19.0 Å². The van der Waals surface area contributed by atoms with Crippen molar-refractivity contribution in [3.8, 4) is 5.75 Å². The van der Waals surface area contributed by atoms with Crippen molar-refractivity contribution >= 4 is 56.1 Å². The predicted molar refractivity (Wildman–Crippen MR) is 138 cm³/mol. The van der Waals surface area contributed by atoms with Gasteiger partial charge in [-0.1, -0.05) is 39.7 Å². The molecule has 0 amide bonds. The summed E-state index contributed by atoms with van der Waals surface area (Å²) < 4.78 is 13.0. The molecule has 0 fully saturated rings. The van der Waals surface area contributed by atoms with E-state index in [1.54, 1.807) is 85.3 Å². The Hall–Kier alpha value is -3.42. The van der Waals surface area contributed by atoms with Gasteiger partial charge in [-0.15, -0.1) is 0 Å². The number of fused-ring (bicyclic) bond motifs is 1. The zero-order valence-electron chi connectivity index (χ0n) is 19.0. The van der Waals surface area contributed by atoms with E-state index in [0.717, 1.165) is 4.47 Å². The highest BCUT2D eigenvalue weighted by Gasteiger charge is 2.23. The molecule has 0 spiro atoms. The standard InChI is InChI=1S/C27H21BrClNO5/c1-16-22(14-26(32)35-15-25(31)17-3-7-19(28)8-4-17)23-13-21(34-2)11-12-24(23)30(16)27(33)18-5-9-20(29)10-6-18/h3-13H,14-15H2,1-2H3. The van der Waals surface area contributed by atoms with E-state index in [1.807, 2.05) is 0 Å². The molecule has 4 aromatic rings. The quantitative estimate of drug-likeness (QED) is 0.206. The summed E-state index contributed by atoms with van der Waals surface area (Å²) in [4.78, 5) is 38.5. The van der Waals surface area contributed by atoms with Gasteiger partial charge in [0.25, 0.3) is 5.91 Å². The lowest BCUT2D eigenvalue weighted by Crippen LogP contribution is -2.17. The zero-order chi connectivity index (χ0) is 25.1. The molecule has 6 nitrogen and oxygen atoms in total. The molecule has 1 heterocycles. The Balaban J connectivity index is 1.62. The molecule has 0 aliphatic carbocycles. The van der Waals surface area contributed by atoms with Gasteiger partial charge in [-0.05, 0) is 67.1 Å². The fraction of sp³-hybridized carbons (Fsp3) is 0.148. The number of nitrogens with zero attached hydrogens (tertiary/aromatic N) is 1. The number of benzene rings is 3. The molecule has 0 radical (unpaired) electrons. The van der Waals surface area contributed by atoms with Crippen LogP contribution in [0.3, 0.4) is 0 Å². The summed E-state index contributed by atoms with van der Waals surface area (Å²) in [6, 6.07) is 18.7. The summed E-state index contributed by atoms with van der Waals surface area (Å²) in [5.41, 5.74) is 2.77. The van der Waals surface area contributed by atoms with Gasteiger partial charge in [0, 0.05) is 31.7 Å². The Morgan fingerprint density at radius 1 is 0.943 bits per heavy atom. The van der Waals surface area contributed by atoms with Crippen LogP contribution in [0.25, 0.3) is 10.9 Å². The summed E-state index contributed by atoms with van der Waals surface area (Å²) in [5, 5.41) is 1.22. The number of carbonyl (C=O) groups is 3. The minimum atomic E-state index is -0.570. The molecule has 4 rings (SSSR count). The maximum atomic E-state index is 13.4. The average molecular weight is 555 g/mol. The maximum Gasteiger partial charge on any atom is 0.310 e. The second kappa shape index (κ2) is 10.5. The van der Waals surface area contributed by atoms with Crippen molar-refractivity contribution < 1.29 is 23.9 Å². The highest BCUT2D eigenvalue weighted by atomic mass is 79.9. The van der Waals surface area contributed by atoms with E-state index in [2.05, 4.69) is 15.9 Å². The Morgan fingerprint density at radius 3 is 2.26 bits per heavy atom. The van der Waals surface area contributed by atoms with Crippen LogP contribution in [0, 0.1) is 6.92 Å². The number of methoxy groups -OCH3 is 1. The minimum Gasteiger partial charge on any atom is -0.497 e. The van der Waals surface area contributed by atoms with Gasteiger partial charge in [-0.2, -0.15) is 0 Å². The van der Waals surface area contributed by atoms with E-state index >= 15 is 0 Å². The molecule has 0 atom stereocenters. The largest absolute Gasteiger partial charge is 0.497 e. The molecule has 0 bridgehead atoms. The van der Waals surface area contributed by atoms with Crippen LogP contribution in [0.15, 0.2) is 71.2 Å². The molecule has 0 aliphatic rings. The number of carbonyl (C=O) groups excluding carboxylic acids is 3. The highest BCUT2D eigenvalue weighted by molar-refractivity contribution is 9.10. The van der Waals surface area contributed by atoms with E-state index < -0.39 is 5.97 Å². The first-order valence-electron chi connectivity index (χ1n) is 10.7. The molecule has 178 valence electrons. The molecule has 0 saturated carbocycles. The lowest BCUT2D eigenvalue weighted by atomic mass is 10.1. The molecular weight excluding hydrogens is 534 g/mol. The molecule has 1 aromatic heterocycles. The normalized spacial score (nSPS) is 10.9. The van der Waals surface area contributed by atoms with E-state index in [0.29, 0.717) is 44.1 Å². The summed E-state index contributed by atoms with van der Waals surface area (Å²) in [6.45, 7) is 1.40. The van der Waals surface area contributed by atoms with Crippen molar-refractivity contribution in [2.24, 2.45) is 0 Å². The number of ketones is 1. The van der Waals surface area contributed by atoms with E-state index in [1.165, 1.54) is 0 Å². The molecule has 8 heteroatoms. The van der Waals surface area contributed by atoms with Gasteiger partial charge in [0.2, 0.25) is 0 Å². The number of esters is 1. The molecule has 3 aromatic carbocycles. The van der Waals surface area contributed by atoms with Crippen molar-refractivity contribution in [2.75, 3.05) is 13.7 Å². The van der Waals surface area contributed by atoms with Crippen LogP contribution in [-0.4, -0.2) is 35.9 Å². The van der Waals surface area contributed by atoms with Gasteiger partial charge in [-0.3, -0.25) is 19.0 Å². The third kappa shape index (κ3) is 5.31. The van der Waals surface area contributed by atoms with Crippen LogP contribution >= 0.6 is 27.5 Å². The monoisotopic (exact) mass is 553 g/mol. The van der Waals surface area contributed by atoms with Gasteiger partial charge >= 0.3 is 5.97 Å². The Labute approximate surface area is 215 Å². The number of Topliss-reactive ketones (excluding diaryl/α,β-unsaturated/α-hetero) is 1. The van der Waals surface area contributed by atoms with Crippen molar-refractivity contribution in [3.63, 3.8) is 0 Å². The molecular formula is C27H21BrClNO5. The summed E-state index contributed by atoms with van der Waals surface area (Å²) >= 11 is 9.30. The van der Waals surface area contributed by atoms with Crippen LogP contribution in [0.5, 0.6) is 5.75 Å². The number of halogens is 2. The predicted octanol–water partition coefficient (Wildman–Crippen LogP) is 6.03. The number of hydrogen-bond acceptors (Lipinski definition) is 5. The minimum absolute atomic E-state index is 0.107. The Kier molecular flexibility index (Phi) is 7.38. The number of hydrogen-bond donors (Lipinski definition) is 0. The Morgan fingerprint density at radius 2 is 1.60 bits per heavy atom.